The number of hydrogen-bond donors (Lipinski definition) is 0. The second-order valence-corrected chi connectivity index (χ2v) is 6.22. The number of furan rings is 1. The van der Waals surface area contributed by atoms with Gasteiger partial charge in [-0.15, -0.1) is 0 Å². The Bertz CT molecular complexity index is 783. The molecule has 0 unspecified atom stereocenters. The van der Waals surface area contributed by atoms with Crippen LogP contribution in [0.1, 0.15) is 18.4 Å². The van der Waals surface area contributed by atoms with Gasteiger partial charge >= 0.3 is 0 Å². The molecule has 1 aromatic carbocycles. The maximum atomic E-state index is 12.3. The van der Waals surface area contributed by atoms with E-state index >= 15 is 0 Å². The Kier molecular flexibility index (Phi) is 4.87. The van der Waals surface area contributed by atoms with Crippen LogP contribution in [0.4, 0.5) is 0 Å². The molecule has 3 aromatic rings. The van der Waals surface area contributed by atoms with Gasteiger partial charge < -0.3 is 13.7 Å². The minimum atomic E-state index is -1.18. The first-order valence-electron chi connectivity index (χ1n) is 7.18. The van der Waals surface area contributed by atoms with Crippen molar-refractivity contribution < 1.29 is 17.9 Å². The van der Waals surface area contributed by atoms with Crippen molar-refractivity contribution in [2.75, 3.05) is 6.61 Å². The summed E-state index contributed by atoms with van der Waals surface area (Å²) >= 11 is 0. The van der Waals surface area contributed by atoms with E-state index in [1.165, 1.54) is 6.26 Å². The first-order chi connectivity index (χ1) is 11.3. The first kappa shape index (κ1) is 15.5. The molecule has 0 amide bonds. The lowest BCUT2D eigenvalue weighted by Crippen LogP contribution is -2.03. The number of aromatic nitrogens is 2. The Morgan fingerprint density at radius 3 is 2.83 bits per heavy atom. The van der Waals surface area contributed by atoms with Crippen molar-refractivity contribution in [3.8, 4) is 17.3 Å². The van der Waals surface area contributed by atoms with Crippen LogP contribution in [0.25, 0.3) is 11.6 Å². The van der Waals surface area contributed by atoms with E-state index < -0.39 is 10.8 Å². The lowest BCUT2D eigenvalue weighted by atomic mass is 10.2. The second kappa shape index (κ2) is 7.23. The van der Waals surface area contributed by atoms with Gasteiger partial charge in [0.05, 0.1) is 18.6 Å². The summed E-state index contributed by atoms with van der Waals surface area (Å²) in [5, 5.41) is 3.83. The van der Waals surface area contributed by atoms with Gasteiger partial charge in [-0.1, -0.05) is 23.4 Å². The summed E-state index contributed by atoms with van der Waals surface area (Å²) in [6, 6.07) is 11.1. The van der Waals surface area contributed by atoms with Crippen LogP contribution < -0.4 is 4.74 Å². The van der Waals surface area contributed by atoms with E-state index in [2.05, 4.69) is 10.1 Å². The maximum Gasteiger partial charge on any atom is 0.239 e. The van der Waals surface area contributed by atoms with E-state index in [1.54, 1.807) is 12.1 Å². The van der Waals surface area contributed by atoms with E-state index in [-0.39, 0.29) is 5.75 Å². The molecule has 0 N–H and O–H groups in total. The Morgan fingerprint density at radius 1 is 1.17 bits per heavy atom. The molecule has 0 aliphatic rings. The van der Waals surface area contributed by atoms with Crippen molar-refractivity contribution in [2.45, 2.75) is 18.4 Å². The van der Waals surface area contributed by atoms with E-state index in [0.29, 0.717) is 29.8 Å². The van der Waals surface area contributed by atoms with Crippen molar-refractivity contribution in [1.82, 2.24) is 10.1 Å². The largest absolute Gasteiger partial charge is 0.494 e. The van der Waals surface area contributed by atoms with Crippen molar-refractivity contribution in [1.29, 1.82) is 0 Å². The third-order valence-electron chi connectivity index (χ3n) is 3.08. The predicted octanol–water partition coefficient (Wildman–Crippen LogP) is 3.18. The zero-order valence-electron chi connectivity index (χ0n) is 12.6. The van der Waals surface area contributed by atoms with Crippen molar-refractivity contribution >= 4 is 10.8 Å². The van der Waals surface area contributed by atoms with Gasteiger partial charge in [-0.05, 0) is 25.1 Å². The number of para-hydroxylation sites is 1. The number of ether oxygens (including phenoxy) is 1. The van der Waals surface area contributed by atoms with Crippen LogP contribution in [0.3, 0.4) is 0 Å². The fraction of sp³-hybridized carbons (Fsp3) is 0.250. The molecule has 2 heterocycles. The third-order valence-corrected chi connectivity index (χ3v) is 4.28. The highest BCUT2D eigenvalue weighted by Crippen LogP contribution is 2.21. The van der Waals surface area contributed by atoms with Gasteiger partial charge in [0.25, 0.3) is 0 Å². The number of hydrogen-bond acceptors (Lipinski definition) is 6. The van der Waals surface area contributed by atoms with Crippen LogP contribution in [0.15, 0.2) is 51.6 Å². The summed E-state index contributed by atoms with van der Waals surface area (Å²) in [7, 11) is -1.18. The molecule has 0 saturated carbocycles. The Balaban J connectivity index is 1.66. The fourth-order valence-corrected chi connectivity index (χ4v) is 3.18. The summed E-state index contributed by atoms with van der Waals surface area (Å²) in [5.41, 5.74) is 0.901. The number of nitrogens with zero attached hydrogens (tertiary/aromatic N) is 2. The van der Waals surface area contributed by atoms with Crippen molar-refractivity contribution in [3.05, 3.63) is 54.1 Å². The van der Waals surface area contributed by atoms with Gasteiger partial charge in [-0.25, -0.2) is 0 Å². The fourth-order valence-electron chi connectivity index (χ4n) is 2.10. The SMILES string of the molecule is CCOc1ccccc1C[S@@](=O)Cc1nc(-c2ccco2)no1. The highest BCUT2D eigenvalue weighted by atomic mass is 32.2. The van der Waals surface area contributed by atoms with E-state index in [9.17, 15) is 4.21 Å². The summed E-state index contributed by atoms with van der Waals surface area (Å²) in [5.74, 6) is 2.51. The standard InChI is InChI=1S/C16H16N2O4S/c1-2-20-13-7-4-3-6-12(13)10-23(19)11-15-17-16(18-22-15)14-8-5-9-21-14/h3-9H,2,10-11H2,1H3/t23-/m1/s1. The first-order valence-corrected chi connectivity index (χ1v) is 8.67. The molecule has 0 bridgehead atoms. The van der Waals surface area contributed by atoms with E-state index in [0.717, 1.165) is 11.3 Å². The third kappa shape index (κ3) is 3.87. The smallest absolute Gasteiger partial charge is 0.239 e. The van der Waals surface area contributed by atoms with Crippen LogP contribution in [0.2, 0.25) is 0 Å². The minimum absolute atomic E-state index is 0.189. The molecular formula is C16H16N2O4S. The lowest BCUT2D eigenvalue weighted by molar-refractivity contribution is 0.337. The molecule has 0 spiro atoms. The highest BCUT2D eigenvalue weighted by Gasteiger charge is 2.14. The molecule has 0 aliphatic heterocycles. The second-order valence-electron chi connectivity index (χ2n) is 4.76. The summed E-state index contributed by atoms with van der Waals surface area (Å²) in [6.45, 7) is 2.49. The molecule has 0 saturated heterocycles. The van der Waals surface area contributed by atoms with Gasteiger partial charge in [0.1, 0.15) is 11.5 Å². The zero-order chi connectivity index (χ0) is 16.1. The maximum absolute atomic E-state index is 12.3. The zero-order valence-corrected chi connectivity index (χ0v) is 13.4. The van der Waals surface area contributed by atoms with Gasteiger partial charge in [0, 0.05) is 16.4 Å². The summed E-state index contributed by atoms with van der Waals surface area (Å²) in [4.78, 5) is 4.20. The van der Waals surface area contributed by atoms with Crippen LogP contribution in [0.5, 0.6) is 5.75 Å². The van der Waals surface area contributed by atoms with Gasteiger partial charge in [0.2, 0.25) is 11.7 Å². The van der Waals surface area contributed by atoms with Crippen LogP contribution in [-0.4, -0.2) is 21.0 Å². The molecule has 1 atom stereocenters. The normalized spacial score (nSPS) is 12.2. The average Bonchev–Trinajstić information content (AvgIpc) is 3.20. The van der Waals surface area contributed by atoms with Gasteiger partial charge in [-0.2, -0.15) is 4.98 Å². The Morgan fingerprint density at radius 2 is 2.04 bits per heavy atom. The van der Waals surface area contributed by atoms with Crippen molar-refractivity contribution in [2.24, 2.45) is 0 Å². The van der Waals surface area contributed by atoms with E-state index in [4.69, 9.17) is 13.7 Å². The molecule has 6 nitrogen and oxygen atoms in total. The molecule has 0 aliphatic carbocycles. The Hall–Kier alpha value is -2.41. The predicted molar refractivity (Wildman–Crippen MR) is 85.2 cm³/mol. The van der Waals surface area contributed by atoms with Crippen molar-refractivity contribution in [3.63, 3.8) is 0 Å². The highest BCUT2D eigenvalue weighted by molar-refractivity contribution is 7.83. The van der Waals surface area contributed by atoms with Crippen LogP contribution in [0, 0.1) is 0 Å². The molecule has 0 radical (unpaired) electrons. The number of rotatable bonds is 7. The molecule has 7 heteroatoms. The van der Waals surface area contributed by atoms with Crippen LogP contribution >= 0.6 is 0 Å². The monoisotopic (exact) mass is 332 g/mol. The molecule has 3 rings (SSSR count). The molecule has 2 aromatic heterocycles. The summed E-state index contributed by atoms with van der Waals surface area (Å²) < 4.78 is 28.2. The van der Waals surface area contributed by atoms with Gasteiger partial charge in [-0.3, -0.25) is 4.21 Å². The molecule has 0 fully saturated rings. The summed E-state index contributed by atoms with van der Waals surface area (Å²) in [6.07, 6.45) is 1.54. The Labute approximate surface area is 135 Å². The molecule has 120 valence electrons. The molecular weight excluding hydrogens is 316 g/mol. The minimum Gasteiger partial charge on any atom is -0.494 e. The quantitative estimate of drug-likeness (QED) is 0.661. The molecule has 23 heavy (non-hydrogen) atoms. The average molecular weight is 332 g/mol. The van der Waals surface area contributed by atoms with E-state index in [1.807, 2.05) is 31.2 Å². The van der Waals surface area contributed by atoms with Crippen LogP contribution in [-0.2, 0) is 22.3 Å². The van der Waals surface area contributed by atoms with Gasteiger partial charge in [0.15, 0.2) is 5.76 Å². The topological polar surface area (TPSA) is 78.4 Å². The lowest BCUT2D eigenvalue weighted by Gasteiger charge is -2.08. The number of benzene rings is 1.